The van der Waals surface area contributed by atoms with Crippen LogP contribution in [0, 0.1) is 10.1 Å². The average molecular weight is 250 g/mol. The summed E-state index contributed by atoms with van der Waals surface area (Å²) in [7, 11) is 0. The zero-order valence-corrected chi connectivity index (χ0v) is 10.7. The molecule has 0 radical (unpaired) electrons. The number of thiophene rings is 1. The molecule has 17 heavy (non-hydrogen) atoms. The number of anilines is 1. The van der Waals surface area contributed by atoms with Gasteiger partial charge in [0, 0.05) is 35.3 Å². The van der Waals surface area contributed by atoms with Crippen molar-refractivity contribution in [2.75, 3.05) is 18.0 Å². The number of nitro groups is 1. The predicted octanol–water partition coefficient (Wildman–Crippen LogP) is 3.66. The van der Waals surface area contributed by atoms with E-state index in [0.717, 1.165) is 23.2 Å². The first-order valence-electron chi connectivity index (χ1n) is 5.58. The number of nitro benzene ring substituents is 1. The molecule has 0 atom stereocenters. The Kier molecular flexibility index (Phi) is 3.28. The van der Waals surface area contributed by atoms with Gasteiger partial charge in [0.05, 0.1) is 9.92 Å². The third-order valence-electron chi connectivity index (χ3n) is 2.77. The second-order valence-corrected chi connectivity index (χ2v) is 4.80. The van der Waals surface area contributed by atoms with Gasteiger partial charge in [0.25, 0.3) is 5.69 Å². The molecule has 0 spiro atoms. The van der Waals surface area contributed by atoms with Crippen LogP contribution in [0.1, 0.15) is 13.8 Å². The number of rotatable bonds is 4. The van der Waals surface area contributed by atoms with E-state index in [2.05, 4.69) is 18.7 Å². The summed E-state index contributed by atoms with van der Waals surface area (Å²) in [6.07, 6.45) is 0. The summed E-state index contributed by atoms with van der Waals surface area (Å²) in [4.78, 5) is 12.6. The summed E-state index contributed by atoms with van der Waals surface area (Å²) >= 11 is 1.68. The molecule has 2 aromatic rings. The Morgan fingerprint density at radius 3 is 2.59 bits per heavy atom. The van der Waals surface area contributed by atoms with Crippen molar-refractivity contribution in [3.63, 3.8) is 0 Å². The Bertz CT molecular complexity index is 546. The van der Waals surface area contributed by atoms with Crippen LogP contribution in [0.4, 0.5) is 10.7 Å². The molecule has 0 saturated heterocycles. The second kappa shape index (κ2) is 4.71. The van der Waals surface area contributed by atoms with E-state index in [9.17, 15) is 10.1 Å². The molecule has 1 aromatic heterocycles. The number of hydrogen-bond donors (Lipinski definition) is 0. The lowest BCUT2D eigenvalue weighted by Gasteiger charge is -2.17. The van der Waals surface area contributed by atoms with Gasteiger partial charge in [-0.3, -0.25) is 10.1 Å². The molecular weight excluding hydrogens is 236 g/mol. The van der Waals surface area contributed by atoms with E-state index in [1.807, 2.05) is 12.1 Å². The number of hydrogen-bond acceptors (Lipinski definition) is 4. The van der Waals surface area contributed by atoms with Gasteiger partial charge in [0.1, 0.15) is 0 Å². The van der Waals surface area contributed by atoms with Crippen molar-refractivity contribution < 1.29 is 4.92 Å². The number of fused-ring (bicyclic) bond motifs is 1. The van der Waals surface area contributed by atoms with Gasteiger partial charge < -0.3 is 4.90 Å². The lowest BCUT2D eigenvalue weighted by atomic mass is 10.2. The normalized spacial score (nSPS) is 10.7. The largest absolute Gasteiger partial charge is 0.364 e. The minimum atomic E-state index is -0.353. The molecule has 1 heterocycles. The second-order valence-electron chi connectivity index (χ2n) is 3.74. The number of benzene rings is 1. The van der Waals surface area contributed by atoms with Crippen LogP contribution in [0.3, 0.4) is 0 Å². The maximum atomic E-state index is 10.7. The van der Waals surface area contributed by atoms with Crippen LogP contribution in [0.15, 0.2) is 24.3 Å². The van der Waals surface area contributed by atoms with E-state index in [4.69, 9.17) is 0 Å². The Labute approximate surface area is 104 Å². The minimum absolute atomic E-state index is 0.154. The maximum absolute atomic E-state index is 10.7. The van der Waals surface area contributed by atoms with E-state index in [-0.39, 0.29) is 10.6 Å². The van der Waals surface area contributed by atoms with E-state index >= 15 is 0 Å². The SMILES string of the molecule is CCN(CC)c1cc2cc([N+](=O)[O-])ccc2s1. The molecule has 0 aliphatic rings. The maximum Gasteiger partial charge on any atom is 0.270 e. The van der Waals surface area contributed by atoms with Crippen LogP contribution in [0.2, 0.25) is 0 Å². The Balaban J connectivity index is 2.46. The van der Waals surface area contributed by atoms with Gasteiger partial charge in [-0.25, -0.2) is 0 Å². The predicted molar refractivity (Wildman–Crippen MR) is 72.0 cm³/mol. The number of non-ortho nitro benzene ring substituents is 1. The van der Waals surface area contributed by atoms with Crippen molar-refractivity contribution in [1.82, 2.24) is 0 Å². The molecule has 0 aliphatic heterocycles. The fourth-order valence-electron chi connectivity index (χ4n) is 1.82. The van der Waals surface area contributed by atoms with Crippen molar-refractivity contribution in [3.05, 3.63) is 34.4 Å². The quantitative estimate of drug-likeness (QED) is 0.614. The zero-order valence-electron chi connectivity index (χ0n) is 9.84. The Morgan fingerprint density at radius 1 is 1.29 bits per heavy atom. The van der Waals surface area contributed by atoms with Gasteiger partial charge in [0.15, 0.2) is 0 Å². The van der Waals surface area contributed by atoms with Crippen molar-refractivity contribution in [2.24, 2.45) is 0 Å². The minimum Gasteiger partial charge on any atom is -0.364 e. The zero-order chi connectivity index (χ0) is 12.4. The van der Waals surface area contributed by atoms with Gasteiger partial charge >= 0.3 is 0 Å². The lowest BCUT2D eigenvalue weighted by Crippen LogP contribution is -2.20. The summed E-state index contributed by atoms with van der Waals surface area (Å²) in [5.74, 6) is 0. The monoisotopic (exact) mass is 250 g/mol. The summed E-state index contributed by atoms with van der Waals surface area (Å²) in [5.41, 5.74) is 0.154. The molecule has 5 heteroatoms. The molecule has 0 amide bonds. The van der Waals surface area contributed by atoms with Crippen molar-refractivity contribution in [3.8, 4) is 0 Å². The number of nitrogens with zero attached hydrogens (tertiary/aromatic N) is 2. The van der Waals surface area contributed by atoms with Crippen molar-refractivity contribution in [1.29, 1.82) is 0 Å². The van der Waals surface area contributed by atoms with Crippen LogP contribution in [-0.2, 0) is 0 Å². The standard InChI is InChI=1S/C12H14N2O2S/c1-3-13(4-2)12-8-9-7-10(14(15)16)5-6-11(9)17-12/h5-8H,3-4H2,1-2H3. The molecule has 0 N–H and O–H groups in total. The highest BCUT2D eigenvalue weighted by molar-refractivity contribution is 7.22. The highest BCUT2D eigenvalue weighted by Gasteiger charge is 2.11. The first kappa shape index (κ1) is 11.9. The molecule has 0 aliphatic carbocycles. The fourth-order valence-corrected chi connectivity index (χ4v) is 2.99. The molecule has 90 valence electrons. The summed E-state index contributed by atoms with van der Waals surface area (Å²) < 4.78 is 1.09. The topological polar surface area (TPSA) is 46.4 Å². The average Bonchev–Trinajstić information content (AvgIpc) is 2.72. The summed E-state index contributed by atoms with van der Waals surface area (Å²) in [6.45, 7) is 6.11. The van der Waals surface area contributed by atoms with E-state index in [0.29, 0.717) is 0 Å². The first-order valence-corrected chi connectivity index (χ1v) is 6.40. The molecule has 0 fully saturated rings. The third-order valence-corrected chi connectivity index (χ3v) is 3.95. The van der Waals surface area contributed by atoms with E-state index in [1.54, 1.807) is 23.5 Å². The van der Waals surface area contributed by atoms with Crippen molar-refractivity contribution in [2.45, 2.75) is 13.8 Å². The van der Waals surface area contributed by atoms with Crippen LogP contribution in [-0.4, -0.2) is 18.0 Å². The highest BCUT2D eigenvalue weighted by Crippen LogP contribution is 2.34. The molecule has 0 bridgehead atoms. The van der Waals surface area contributed by atoms with Gasteiger partial charge in [-0.15, -0.1) is 11.3 Å². The van der Waals surface area contributed by atoms with Crippen LogP contribution < -0.4 is 4.90 Å². The smallest absolute Gasteiger partial charge is 0.270 e. The summed E-state index contributed by atoms with van der Waals surface area (Å²) in [5, 5.41) is 12.8. The Hall–Kier alpha value is -1.62. The summed E-state index contributed by atoms with van der Waals surface area (Å²) in [6, 6.07) is 7.05. The van der Waals surface area contributed by atoms with E-state index < -0.39 is 0 Å². The van der Waals surface area contributed by atoms with Crippen LogP contribution >= 0.6 is 11.3 Å². The van der Waals surface area contributed by atoms with Gasteiger partial charge in [-0.2, -0.15) is 0 Å². The molecular formula is C12H14N2O2S. The third kappa shape index (κ3) is 2.24. The molecule has 0 saturated carbocycles. The fraction of sp³-hybridized carbons (Fsp3) is 0.333. The highest BCUT2D eigenvalue weighted by atomic mass is 32.1. The van der Waals surface area contributed by atoms with Crippen LogP contribution in [0.25, 0.3) is 10.1 Å². The molecule has 2 rings (SSSR count). The molecule has 0 unspecified atom stereocenters. The van der Waals surface area contributed by atoms with Gasteiger partial charge in [0.2, 0.25) is 0 Å². The molecule has 4 nitrogen and oxygen atoms in total. The molecule has 1 aromatic carbocycles. The van der Waals surface area contributed by atoms with Gasteiger partial charge in [-0.1, -0.05) is 0 Å². The Morgan fingerprint density at radius 2 is 2.00 bits per heavy atom. The van der Waals surface area contributed by atoms with E-state index in [1.165, 1.54) is 5.00 Å². The van der Waals surface area contributed by atoms with Crippen LogP contribution in [0.5, 0.6) is 0 Å². The van der Waals surface area contributed by atoms with Gasteiger partial charge in [-0.05, 0) is 26.0 Å². The lowest BCUT2D eigenvalue weighted by molar-refractivity contribution is -0.384. The first-order chi connectivity index (χ1) is 8.15. The van der Waals surface area contributed by atoms with Crippen molar-refractivity contribution >= 4 is 32.1 Å².